The van der Waals surface area contributed by atoms with Crippen molar-refractivity contribution in [1.82, 2.24) is 10.6 Å². The maximum absolute atomic E-state index is 11.6. The van der Waals surface area contributed by atoms with Gasteiger partial charge in [-0.15, -0.1) is 0 Å². The van der Waals surface area contributed by atoms with Gasteiger partial charge < -0.3 is 41.6 Å². The van der Waals surface area contributed by atoms with Gasteiger partial charge in [-0.25, -0.2) is 9.59 Å². The molecule has 2 N–H and O–H groups in total. The fraction of sp³-hybridized carbons (Fsp3) is 0.889. The standard InChI is InChI=1S/C18H37N3O4.BrH/c1-17(2,3)24-15(22)19-11-9-13-21(7,8)14-10-12-20-16(23)25-18(4,5)6;/h9-14H2,1-8H3,(H-,19,20,22,23);1H. The minimum Gasteiger partial charge on any atom is -1.00 e. The van der Waals surface area contributed by atoms with E-state index >= 15 is 0 Å². The van der Waals surface area contributed by atoms with E-state index < -0.39 is 11.2 Å². The Bertz CT molecular complexity index is 391. The number of halogens is 1. The molecule has 0 rings (SSSR count). The van der Waals surface area contributed by atoms with Crippen molar-refractivity contribution < 1.29 is 40.5 Å². The van der Waals surface area contributed by atoms with Crippen LogP contribution in [0.25, 0.3) is 0 Å². The monoisotopic (exact) mass is 439 g/mol. The zero-order valence-corrected chi connectivity index (χ0v) is 19.3. The molecule has 7 nitrogen and oxygen atoms in total. The summed E-state index contributed by atoms with van der Waals surface area (Å²) >= 11 is 0. The Morgan fingerprint density at radius 1 is 0.769 bits per heavy atom. The van der Waals surface area contributed by atoms with Crippen LogP contribution in [0.2, 0.25) is 0 Å². The van der Waals surface area contributed by atoms with Gasteiger partial charge >= 0.3 is 12.2 Å². The molecule has 0 heterocycles. The second kappa shape index (κ2) is 11.6. The lowest BCUT2D eigenvalue weighted by Crippen LogP contribution is -3.00. The quantitative estimate of drug-likeness (QED) is 0.408. The number of carbonyl (C=O) groups is 2. The second-order valence-corrected chi connectivity index (χ2v) is 8.95. The molecule has 8 heteroatoms. The largest absolute Gasteiger partial charge is 1.00 e. The normalized spacial score (nSPS) is 12.0. The summed E-state index contributed by atoms with van der Waals surface area (Å²) in [5.74, 6) is 0. The molecule has 0 aliphatic rings. The molecular weight excluding hydrogens is 402 g/mol. The molecule has 0 bridgehead atoms. The first kappa shape index (κ1) is 27.2. The first-order chi connectivity index (χ1) is 11.2. The molecule has 0 aromatic rings. The van der Waals surface area contributed by atoms with Gasteiger partial charge in [0.15, 0.2) is 0 Å². The first-order valence-corrected chi connectivity index (χ1v) is 8.96. The highest BCUT2D eigenvalue weighted by atomic mass is 79.9. The molecule has 0 aliphatic heterocycles. The van der Waals surface area contributed by atoms with Gasteiger partial charge in [0.05, 0.1) is 27.2 Å². The predicted molar refractivity (Wildman–Crippen MR) is 99.5 cm³/mol. The Morgan fingerprint density at radius 3 is 1.35 bits per heavy atom. The van der Waals surface area contributed by atoms with Gasteiger partial charge in [-0.3, -0.25) is 0 Å². The van der Waals surface area contributed by atoms with Crippen molar-refractivity contribution in [1.29, 1.82) is 0 Å². The van der Waals surface area contributed by atoms with E-state index in [4.69, 9.17) is 9.47 Å². The number of hydrogen-bond donors (Lipinski definition) is 2. The van der Waals surface area contributed by atoms with Gasteiger partial charge in [-0.2, -0.15) is 0 Å². The summed E-state index contributed by atoms with van der Waals surface area (Å²) in [5, 5.41) is 5.54. The number of hydrogen-bond acceptors (Lipinski definition) is 4. The third kappa shape index (κ3) is 17.8. The molecule has 0 saturated carbocycles. The number of rotatable bonds is 8. The van der Waals surface area contributed by atoms with Crippen LogP contribution in [0.5, 0.6) is 0 Å². The summed E-state index contributed by atoms with van der Waals surface area (Å²) in [6.07, 6.45) is 0.982. The van der Waals surface area contributed by atoms with Gasteiger partial charge in [0.25, 0.3) is 0 Å². The van der Waals surface area contributed by atoms with E-state index in [0.717, 1.165) is 30.4 Å². The van der Waals surface area contributed by atoms with Crippen molar-refractivity contribution in [3.8, 4) is 0 Å². The second-order valence-electron chi connectivity index (χ2n) is 8.95. The van der Waals surface area contributed by atoms with Crippen LogP contribution in [0, 0.1) is 0 Å². The molecule has 0 unspecified atom stereocenters. The number of alkyl carbamates (subject to hydrolysis) is 2. The van der Waals surface area contributed by atoms with Gasteiger partial charge in [0.2, 0.25) is 0 Å². The van der Waals surface area contributed by atoms with Crippen LogP contribution in [0.1, 0.15) is 54.4 Å². The van der Waals surface area contributed by atoms with Gasteiger partial charge in [-0.1, -0.05) is 0 Å². The van der Waals surface area contributed by atoms with Crippen LogP contribution in [-0.2, 0) is 9.47 Å². The summed E-state index contributed by atoms with van der Waals surface area (Å²) in [6.45, 7) is 14.1. The van der Waals surface area contributed by atoms with Crippen LogP contribution in [0.3, 0.4) is 0 Å². The lowest BCUT2D eigenvalue weighted by atomic mass is 10.2. The van der Waals surface area contributed by atoms with Crippen molar-refractivity contribution in [2.24, 2.45) is 0 Å². The highest BCUT2D eigenvalue weighted by Gasteiger charge is 2.18. The predicted octanol–water partition coefficient (Wildman–Crippen LogP) is -0.104. The Kier molecular flexibility index (Phi) is 12.2. The molecule has 2 amide bonds. The average molecular weight is 440 g/mol. The van der Waals surface area contributed by atoms with Crippen LogP contribution in [0.4, 0.5) is 9.59 Å². The molecule has 0 saturated heterocycles. The summed E-state index contributed by atoms with van der Waals surface area (Å²) < 4.78 is 11.2. The van der Waals surface area contributed by atoms with Crippen molar-refractivity contribution in [3.05, 3.63) is 0 Å². The fourth-order valence-corrected chi connectivity index (χ4v) is 2.14. The smallest absolute Gasteiger partial charge is 0.407 e. The lowest BCUT2D eigenvalue weighted by Gasteiger charge is -2.30. The van der Waals surface area contributed by atoms with Gasteiger partial charge in [0, 0.05) is 25.9 Å². The minimum atomic E-state index is -0.472. The molecule has 0 spiro atoms. The third-order valence-electron chi connectivity index (χ3n) is 3.22. The molecule has 0 fully saturated rings. The zero-order chi connectivity index (χ0) is 19.7. The number of amides is 2. The van der Waals surface area contributed by atoms with Crippen molar-refractivity contribution in [3.63, 3.8) is 0 Å². The molecule has 0 radical (unpaired) electrons. The molecule has 0 aliphatic carbocycles. The Hall–Kier alpha value is -1.02. The Morgan fingerprint density at radius 2 is 1.08 bits per heavy atom. The number of nitrogens with zero attached hydrogens (tertiary/aromatic N) is 1. The van der Waals surface area contributed by atoms with Gasteiger partial charge in [0.1, 0.15) is 11.2 Å². The van der Waals surface area contributed by atoms with E-state index in [1.807, 2.05) is 41.5 Å². The first-order valence-electron chi connectivity index (χ1n) is 8.96. The van der Waals surface area contributed by atoms with Crippen molar-refractivity contribution in [2.45, 2.75) is 65.6 Å². The van der Waals surface area contributed by atoms with E-state index in [1.165, 1.54) is 0 Å². The van der Waals surface area contributed by atoms with E-state index in [1.54, 1.807) is 0 Å². The Balaban J connectivity index is 0. The van der Waals surface area contributed by atoms with Gasteiger partial charge in [-0.05, 0) is 41.5 Å². The topological polar surface area (TPSA) is 76.7 Å². The number of nitrogens with one attached hydrogen (secondary N) is 2. The highest BCUT2D eigenvalue weighted by Crippen LogP contribution is 2.07. The highest BCUT2D eigenvalue weighted by molar-refractivity contribution is 5.67. The van der Waals surface area contributed by atoms with Crippen LogP contribution in [-0.4, -0.2) is 68.1 Å². The van der Waals surface area contributed by atoms with E-state index in [2.05, 4.69) is 24.7 Å². The molecule has 156 valence electrons. The third-order valence-corrected chi connectivity index (χ3v) is 3.22. The summed E-state index contributed by atoms with van der Waals surface area (Å²) in [5.41, 5.74) is -0.943. The van der Waals surface area contributed by atoms with Crippen LogP contribution in [0.15, 0.2) is 0 Å². The minimum absolute atomic E-state index is 0. The Labute approximate surface area is 169 Å². The molecule has 0 aromatic carbocycles. The summed E-state index contributed by atoms with van der Waals surface area (Å²) in [7, 11) is 4.28. The van der Waals surface area contributed by atoms with Crippen molar-refractivity contribution >= 4 is 12.2 Å². The lowest BCUT2D eigenvalue weighted by molar-refractivity contribution is -0.890. The maximum atomic E-state index is 11.6. The molecular formula is C18H38BrN3O4. The van der Waals surface area contributed by atoms with E-state index in [-0.39, 0.29) is 29.2 Å². The van der Waals surface area contributed by atoms with Crippen LogP contribution < -0.4 is 27.6 Å². The van der Waals surface area contributed by atoms with E-state index in [0.29, 0.717) is 13.1 Å². The SMILES string of the molecule is CC(C)(C)OC(=O)NCCC[N+](C)(C)CCCNC(=O)OC(C)(C)C.[Br-]. The average Bonchev–Trinajstić information content (AvgIpc) is 2.36. The maximum Gasteiger partial charge on any atom is 0.407 e. The number of carbonyl (C=O) groups excluding carboxylic acids is 2. The molecule has 0 aromatic heterocycles. The summed E-state index contributed by atoms with van der Waals surface area (Å²) in [4.78, 5) is 23.1. The molecule has 26 heavy (non-hydrogen) atoms. The number of quaternary nitrogens is 1. The van der Waals surface area contributed by atoms with Crippen LogP contribution >= 0.6 is 0 Å². The van der Waals surface area contributed by atoms with Crippen molar-refractivity contribution in [2.75, 3.05) is 40.3 Å². The molecule has 0 atom stereocenters. The fourth-order valence-electron chi connectivity index (χ4n) is 2.14. The zero-order valence-electron chi connectivity index (χ0n) is 17.7. The summed E-state index contributed by atoms with van der Waals surface area (Å²) in [6, 6.07) is 0. The number of ether oxygens (including phenoxy) is 2. The van der Waals surface area contributed by atoms with E-state index in [9.17, 15) is 9.59 Å².